The third-order valence-corrected chi connectivity index (χ3v) is 2.90. The molecule has 1 heterocycles. The topological polar surface area (TPSA) is 86.8 Å². The molecule has 16 heavy (non-hydrogen) atoms. The van der Waals surface area contributed by atoms with Crippen molar-refractivity contribution in [3.05, 3.63) is 29.8 Å². The molecule has 4 N–H and O–H groups in total. The summed E-state index contributed by atoms with van der Waals surface area (Å²) in [5.74, 6) is 0. The molecule has 0 aliphatic carbocycles. The van der Waals surface area contributed by atoms with Crippen molar-refractivity contribution in [2.24, 2.45) is 5.73 Å². The molecule has 1 aromatic rings. The molecule has 0 radical (unpaired) electrons. The van der Waals surface area contributed by atoms with E-state index in [9.17, 15) is 9.90 Å². The number of nitrogens with zero attached hydrogens (tertiary/aromatic N) is 1. The standard InChI is InChI=1S/C11H14N2O3/c12-6-10(14)9-5-7-3-1-2-4-8(7)13(9)11(15)16/h1-4,9-10,14H,5-6,12H2,(H,15,16). The fourth-order valence-electron chi connectivity index (χ4n) is 2.12. The number of carboxylic acid groups (broad SMARTS) is 1. The Morgan fingerprint density at radius 3 is 2.88 bits per heavy atom. The highest BCUT2D eigenvalue weighted by atomic mass is 16.4. The molecule has 0 spiro atoms. The van der Waals surface area contributed by atoms with Gasteiger partial charge in [0.05, 0.1) is 17.8 Å². The number of para-hydroxylation sites is 1. The minimum absolute atomic E-state index is 0.0580. The van der Waals surface area contributed by atoms with Gasteiger partial charge >= 0.3 is 6.09 Å². The Bertz CT molecular complexity index is 408. The van der Waals surface area contributed by atoms with E-state index in [1.54, 1.807) is 12.1 Å². The minimum Gasteiger partial charge on any atom is -0.465 e. The number of nitrogens with two attached hydrogens (primary N) is 1. The fourth-order valence-corrected chi connectivity index (χ4v) is 2.12. The maximum Gasteiger partial charge on any atom is 0.412 e. The van der Waals surface area contributed by atoms with E-state index in [4.69, 9.17) is 10.8 Å². The van der Waals surface area contributed by atoms with Crippen LogP contribution in [0.25, 0.3) is 0 Å². The Morgan fingerprint density at radius 2 is 2.25 bits per heavy atom. The molecule has 0 aromatic heterocycles. The van der Waals surface area contributed by atoms with Crippen molar-refractivity contribution in [3.63, 3.8) is 0 Å². The quantitative estimate of drug-likeness (QED) is 0.676. The molecular weight excluding hydrogens is 208 g/mol. The number of hydrogen-bond acceptors (Lipinski definition) is 3. The third-order valence-electron chi connectivity index (χ3n) is 2.90. The number of hydrogen-bond donors (Lipinski definition) is 3. The molecule has 2 atom stereocenters. The van der Waals surface area contributed by atoms with E-state index in [0.29, 0.717) is 12.1 Å². The lowest BCUT2D eigenvalue weighted by atomic mass is 10.1. The Morgan fingerprint density at radius 1 is 1.56 bits per heavy atom. The number of carbonyl (C=O) groups is 1. The van der Waals surface area contributed by atoms with E-state index >= 15 is 0 Å². The van der Waals surface area contributed by atoms with Crippen LogP contribution >= 0.6 is 0 Å². The molecule has 86 valence electrons. The van der Waals surface area contributed by atoms with Crippen LogP contribution in [0, 0.1) is 0 Å². The largest absolute Gasteiger partial charge is 0.465 e. The van der Waals surface area contributed by atoms with Gasteiger partial charge in [0.25, 0.3) is 0 Å². The molecule has 2 rings (SSSR count). The molecule has 0 bridgehead atoms. The van der Waals surface area contributed by atoms with E-state index in [2.05, 4.69) is 0 Å². The van der Waals surface area contributed by atoms with Crippen LogP contribution in [0.15, 0.2) is 24.3 Å². The van der Waals surface area contributed by atoms with Crippen LogP contribution in [0.5, 0.6) is 0 Å². The van der Waals surface area contributed by atoms with Gasteiger partial charge in [-0.05, 0) is 18.1 Å². The van der Waals surface area contributed by atoms with Crippen LogP contribution in [0.1, 0.15) is 5.56 Å². The predicted octanol–water partition coefficient (Wildman–Crippen LogP) is 0.415. The van der Waals surface area contributed by atoms with Crippen LogP contribution in [0.2, 0.25) is 0 Å². The smallest absolute Gasteiger partial charge is 0.412 e. The van der Waals surface area contributed by atoms with Gasteiger partial charge in [0.2, 0.25) is 0 Å². The molecule has 5 heteroatoms. The summed E-state index contributed by atoms with van der Waals surface area (Å²) in [6.07, 6.45) is -1.37. The van der Waals surface area contributed by atoms with E-state index < -0.39 is 18.2 Å². The van der Waals surface area contributed by atoms with Crippen molar-refractivity contribution in [3.8, 4) is 0 Å². The van der Waals surface area contributed by atoms with Crippen LogP contribution in [-0.4, -0.2) is 35.0 Å². The molecule has 5 nitrogen and oxygen atoms in total. The van der Waals surface area contributed by atoms with Crippen molar-refractivity contribution in [1.82, 2.24) is 0 Å². The van der Waals surface area contributed by atoms with Gasteiger partial charge < -0.3 is 15.9 Å². The highest BCUT2D eigenvalue weighted by Crippen LogP contribution is 2.33. The van der Waals surface area contributed by atoms with Gasteiger partial charge in [-0.25, -0.2) is 4.79 Å². The highest BCUT2D eigenvalue weighted by molar-refractivity contribution is 5.90. The normalized spacial score (nSPS) is 20.6. The predicted molar refractivity (Wildman–Crippen MR) is 59.5 cm³/mol. The van der Waals surface area contributed by atoms with Gasteiger partial charge in [0.1, 0.15) is 0 Å². The van der Waals surface area contributed by atoms with Gasteiger partial charge in [-0.2, -0.15) is 0 Å². The number of rotatable bonds is 2. The van der Waals surface area contributed by atoms with E-state index in [1.807, 2.05) is 12.1 Å². The average Bonchev–Trinajstić information content (AvgIpc) is 2.67. The van der Waals surface area contributed by atoms with Crippen LogP contribution in [-0.2, 0) is 6.42 Å². The summed E-state index contributed by atoms with van der Waals surface area (Å²) in [6, 6.07) is 6.78. The van der Waals surface area contributed by atoms with Gasteiger partial charge in [-0.3, -0.25) is 4.90 Å². The lowest BCUT2D eigenvalue weighted by Crippen LogP contribution is -2.47. The summed E-state index contributed by atoms with van der Waals surface area (Å²) in [4.78, 5) is 12.4. The number of aliphatic hydroxyl groups is 1. The summed E-state index contributed by atoms with van der Waals surface area (Å²) in [5, 5.41) is 18.9. The van der Waals surface area contributed by atoms with Crippen molar-refractivity contribution >= 4 is 11.8 Å². The summed E-state index contributed by atoms with van der Waals surface area (Å²) in [7, 11) is 0. The van der Waals surface area contributed by atoms with Crippen molar-refractivity contribution < 1.29 is 15.0 Å². The van der Waals surface area contributed by atoms with E-state index in [-0.39, 0.29) is 6.54 Å². The zero-order valence-corrected chi connectivity index (χ0v) is 8.71. The number of amides is 1. The maximum absolute atomic E-state index is 11.2. The SMILES string of the molecule is NCC(O)C1Cc2ccccc2N1C(=O)O. The Labute approximate surface area is 93.1 Å². The molecular formula is C11H14N2O3. The van der Waals surface area contributed by atoms with Gasteiger partial charge in [-0.15, -0.1) is 0 Å². The van der Waals surface area contributed by atoms with Gasteiger partial charge in [-0.1, -0.05) is 18.2 Å². The Balaban J connectivity index is 2.37. The van der Waals surface area contributed by atoms with Gasteiger partial charge in [0.15, 0.2) is 0 Å². The summed E-state index contributed by atoms with van der Waals surface area (Å²) in [5.41, 5.74) is 6.96. The first-order valence-corrected chi connectivity index (χ1v) is 5.13. The summed E-state index contributed by atoms with van der Waals surface area (Å²) in [6.45, 7) is 0.0580. The zero-order chi connectivity index (χ0) is 11.7. The Kier molecular flexibility index (Phi) is 2.80. The minimum atomic E-state index is -1.05. The molecule has 1 aliphatic heterocycles. The molecule has 0 saturated heterocycles. The monoisotopic (exact) mass is 222 g/mol. The number of anilines is 1. The molecule has 1 amide bonds. The Hall–Kier alpha value is -1.59. The number of benzene rings is 1. The van der Waals surface area contributed by atoms with Crippen LogP contribution < -0.4 is 10.6 Å². The second-order valence-electron chi connectivity index (χ2n) is 3.86. The number of fused-ring (bicyclic) bond motifs is 1. The third kappa shape index (κ3) is 1.64. The van der Waals surface area contributed by atoms with Gasteiger partial charge in [0, 0.05) is 6.54 Å². The maximum atomic E-state index is 11.2. The zero-order valence-electron chi connectivity index (χ0n) is 8.71. The van der Waals surface area contributed by atoms with E-state index in [1.165, 1.54) is 4.90 Å². The highest BCUT2D eigenvalue weighted by Gasteiger charge is 2.37. The molecule has 1 aliphatic rings. The first-order chi connectivity index (χ1) is 7.65. The van der Waals surface area contributed by atoms with Crippen molar-refractivity contribution in [1.29, 1.82) is 0 Å². The van der Waals surface area contributed by atoms with Crippen molar-refractivity contribution in [2.45, 2.75) is 18.6 Å². The lowest BCUT2D eigenvalue weighted by Gasteiger charge is -2.25. The fraction of sp³-hybridized carbons (Fsp3) is 0.364. The van der Waals surface area contributed by atoms with Crippen LogP contribution in [0.4, 0.5) is 10.5 Å². The first kappa shape index (κ1) is 10.9. The molecule has 0 saturated carbocycles. The molecule has 0 fully saturated rings. The second-order valence-corrected chi connectivity index (χ2v) is 3.86. The second kappa shape index (κ2) is 4.11. The lowest BCUT2D eigenvalue weighted by molar-refractivity contribution is 0.143. The average molecular weight is 222 g/mol. The van der Waals surface area contributed by atoms with Crippen molar-refractivity contribution in [2.75, 3.05) is 11.4 Å². The summed E-state index contributed by atoms with van der Waals surface area (Å²) >= 11 is 0. The van der Waals surface area contributed by atoms with Crippen LogP contribution in [0.3, 0.4) is 0 Å². The first-order valence-electron chi connectivity index (χ1n) is 5.13. The van der Waals surface area contributed by atoms with E-state index in [0.717, 1.165) is 5.56 Å². The summed E-state index contributed by atoms with van der Waals surface area (Å²) < 4.78 is 0. The molecule has 2 unspecified atom stereocenters. The number of aliphatic hydroxyl groups excluding tert-OH is 1. The molecule has 1 aromatic carbocycles.